The largest absolute Gasteiger partial charge is 0.285 e. The van der Waals surface area contributed by atoms with Gasteiger partial charge in [-0.15, -0.1) is 11.3 Å². The Morgan fingerprint density at radius 2 is 1.94 bits per heavy atom. The van der Waals surface area contributed by atoms with Gasteiger partial charge in [-0.25, -0.2) is 15.0 Å². The summed E-state index contributed by atoms with van der Waals surface area (Å²) in [4.78, 5) is 13.6. The Hall–Kier alpha value is -2.08. The van der Waals surface area contributed by atoms with Crippen LogP contribution in [0.25, 0.3) is 21.3 Å². The number of thiazole rings is 1. The summed E-state index contributed by atoms with van der Waals surface area (Å²) in [6.07, 6.45) is 8.78. The quantitative estimate of drug-likeness (QED) is 0.729. The van der Waals surface area contributed by atoms with E-state index in [0.717, 1.165) is 15.4 Å². The third-order valence-corrected chi connectivity index (χ3v) is 3.08. The summed E-state index contributed by atoms with van der Waals surface area (Å²) in [7, 11) is 0. The van der Waals surface area contributed by atoms with E-state index in [0.29, 0.717) is 5.82 Å². The van der Waals surface area contributed by atoms with Gasteiger partial charge in [0.1, 0.15) is 5.01 Å². The highest BCUT2D eigenvalue weighted by atomic mass is 32.1. The second-order valence-electron chi connectivity index (χ2n) is 3.09. The van der Waals surface area contributed by atoms with E-state index in [1.54, 1.807) is 42.2 Å². The highest BCUT2D eigenvalue weighted by Crippen LogP contribution is 2.29. The zero-order chi connectivity index (χ0) is 10.8. The standard InChI is InChI=1S/C10H7N5S/c1-2-11-9(12-3-1)8-6-13-10(16-8)7-4-14-15-5-7/h1-6H,(H,14,15). The molecule has 0 aliphatic carbocycles. The van der Waals surface area contributed by atoms with Crippen LogP contribution in [0.15, 0.2) is 37.1 Å². The Morgan fingerprint density at radius 3 is 2.69 bits per heavy atom. The molecule has 3 aromatic rings. The first kappa shape index (κ1) is 9.17. The zero-order valence-electron chi connectivity index (χ0n) is 8.16. The summed E-state index contributed by atoms with van der Waals surface area (Å²) < 4.78 is 0. The molecule has 0 atom stereocenters. The normalized spacial score (nSPS) is 10.5. The van der Waals surface area contributed by atoms with Crippen molar-refractivity contribution < 1.29 is 0 Å². The SMILES string of the molecule is c1cnc(-c2cnc(-c3cn[nH]c3)s2)nc1. The molecule has 5 nitrogen and oxygen atoms in total. The summed E-state index contributed by atoms with van der Waals surface area (Å²) in [5, 5.41) is 7.57. The molecule has 16 heavy (non-hydrogen) atoms. The molecule has 1 N–H and O–H groups in total. The van der Waals surface area contributed by atoms with Crippen LogP contribution in [-0.4, -0.2) is 25.1 Å². The van der Waals surface area contributed by atoms with Crippen molar-refractivity contribution in [2.45, 2.75) is 0 Å². The third kappa shape index (κ3) is 1.59. The van der Waals surface area contributed by atoms with Gasteiger partial charge < -0.3 is 0 Å². The number of aromatic nitrogens is 5. The van der Waals surface area contributed by atoms with Gasteiger partial charge in [-0.3, -0.25) is 5.10 Å². The maximum Gasteiger partial charge on any atom is 0.171 e. The Balaban J connectivity index is 2.00. The van der Waals surface area contributed by atoms with E-state index in [4.69, 9.17) is 0 Å². The van der Waals surface area contributed by atoms with Gasteiger partial charge in [0.25, 0.3) is 0 Å². The molecule has 0 unspecified atom stereocenters. The molecule has 3 aromatic heterocycles. The van der Waals surface area contributed by atoms with E-state index in [-0.39, 0.29) is 0 Å². The summed E-state index contributed by atoms with van der Waals surface area (Å²) in [5.41, 5.74) is 0.979. The van der Waals surface area contributed by atoms with E-state index < -0.39 is 0 Å². The minimum Gasteiger partial charge on any atom is -0.285 e. The Kier molecular flexibility index (Phi) is 2.19. The second-order valence-corrected chi connectivity index (χ2v) is 4.12. The minimum absolute atomic E-state index is 0.703. The van der Waals surface area contributed by atoms with Crippen LogP contribution in [0, 0.1) is 0 Å². The molecule has 0 amide bonds. The number of nitrogens with one attached hydrogen (secondary N) is 1. The summed E-state index contributed by atoms with van der Waals surface area (Å²) in [5.74, 6) is 0.703. The maximum absolute atomic E-state index is 4.31. The highest BCUT2D eigenvalue weighted by molar-refractivity contribution is 7.18. The fourth-order valence-corrected chi connectivity index (χ4v) is 2.15. The van der Waals surface area contributed by atoms with Gasteiger partial charge in [-0.1, -0.05) is 0 Å². The predicted octanol–water partition coefficient (Wildman–Crippen LogP) is 1.99. The van der Waals surface area contributed by atoms with Crippen LogP contribution in [0.4, 0.5) is 0 Å². The van der Waals surface area contributed by atoms with Crippen LogP contribution in [0.3, 0.4) is 0 Å². The Bertz CT molecular complexity index is 572. The number of aromatic amines is 1. The number of H-pyrrole nitrogens is 1. The molecule has 0 saturated heterocycles. The summed E-state index contributed by atoms with van der Waals surface area (Å²) >= 11 is 1.55. The molecular formula is C10H7N5S. The zero-order valence-corrected chi connectivity index (χ0v) is 8.98. The summed E-state index contributed by atoms with van der Waals surface area (Å²) in [6.45, 7) is 0. The van der Waals surface area contributed by atoms with Crippen LogP contribution < -0.4 is 0 Å². The average Bonchev–Trinajstić information content (AvgIpc) is 3.01. The average molecular weight is 229 g/mol. The number of nitrogens with zero attached hydrogens (tertiary/aromatic N) is 4. The molecular weight excluding hydrogens is 222 g/mol. The molecule has 0 radical (unpaired) electrons. The van der Waals surface area contributed by atoms with Crippen molar-refractivity contribution in [3.63, 3.8) is 0 Å². The minimum atomic E-state index is 0.703. The van der Waals surface area contributed by atoms with Gasteiger partial charge in [0, 0.05) is 30.4 Å². The van der Waals surface area contributed by atoms with Gasteiger partial charge >= 0.3 is 0 Å². The fraction of sp³-hybridized carbons (Fsp3) is 0. The third-order valence-electron chi connectivity index (χ3n) is 2.04. The number of hydrogen-bond donors (Lipinski definition) is 1. The van der Waals surface area contributed by atoms with Gasteiger partial charge in [-0.2, -0.15) is 5.10 Å². The molecule has 0 aliphatic rings. The molecule has 78 valence electrons. The van der Waals surface area contributed by atoms with Crippen molar-refractivity contribution in [1.82, 2.24) is 25.1 Å². The highest BCUT2D eigenvalue weighted by Gasteiger charge is 2.08. The molecule has 0 saturated carbocycles. The lowest BCUT2D eigenvalue weighted by atomic mass is 10.4. The Morgan fingerprint density at radius 1 is 1.06 bits per heavy atom. The molecule has 0 aromatic carbocycles. The lowest BCUT2D eigenvalue weighted by Crippen LogP contribution is -1.82. The maximum atomic E-state index is 4.31. The van der Waals surface area contributed by atoms with E-state index in [2.05, 4.69) is 25.1 Å². The fourth-order valence-electron chi connectivity index (χ4n) is 1.31. The smallest absolute Gasteiger partial charge is 0.171 e. The molecule has 6 heteroatoms. The topological polar surface area (TPSA) is 67.3 Å². The van der Waals surface area contributed by atoms with E-state index in [9.17, 15) is 0 Å². The predicted molar refractivity (Wildman–Crippen MR) is 60.7 cm³/mol. The Labute approximate surface area is 95.2 Å². The van der Waals surface area contributed by atoms with Crippen molar-refractivity contribution in [1.29, 1.82) is 0 Å². The molecule has 3 rings (SSSR count). The second kappa shape index (κ2) is 3.82. The molecule has 3 heterocycles. The van der Waals surface area contributed by atoms with Crippen molar-refractivity contribution in [3.8, 4) is 21.3 Å². The van der Waals surface area contributed by atoms with Gasteiger partial charge in [-0.05, 0) is 6.07 Å². The van der Waals surface area contributed by atoms with Crippen LogP contribution in [0.1, 0.15) is 0 Å². The summed E-state index contributed by atoms with van der Waals surface area (Å²) in [6, 6.07) is 1.79. The van der Waals surface area contributed by atoms with Crippen molar-refractivity contribution >= 4 is 11.3 Å². The van der Waals surface area contributed by atoms with E-state index in [1.807, 2.05) is 6.20 Å². The first-order valence-electron chi connectivity index (χ1n) is 4.66. The first-order valence-corrected chi connectivity index (χ1v) is 5.47. The molecule has 0 bridgehead atoms. The van der Waals surface area contributed by atoms with Crippen molar-refractivity contribution in [2.24, 2.45) is 0 Å². The molecule has 0 fully saturated rings. The molecule has 0 spiro atoms. The van der Waals surface area contributed by atoms with E-state index >= 15 is 0 Å². The van der Waals surface area contributed by atoms with Crippen LogP contribution in [0.2, 0.25) is 0 Å². The van der Waals surface area contributed by atoms with Crippen LogP contribution in [-0.2, 0) is 0 Å². The first-order chi connectivity index (χ1) is 7.93. The monoisotopic (exact) mass is 229 g/mol. The van der Waals surface area contributed by atoms with E-state index in [1.165, 1.54) is 0 Å². The number of rotatable bonds is 2. The van der Waals surface area contributed by atoms with Gasteiger partial charge in [0.15, 0.2) is 5.82 Å². The van der Waals surface area contributed by atoms with Gasteiger partial charge in [0.2, 0.25) is 0 Å². The van der Waals surface area contributed by atoms with Crippen molar-refractivity contribution in [3.05, 3.63) is 37.1 Å². The lowest BCUT2D eigenvalue weighted by molar-refractivity contribution is 1.09. The lowest BCUT2D eigenvalue weighted by Gasteiger charge is -1.91. The van der Waals surface area contributed by atoms with Crippen molar-refractivity contribution in [2.75, 3.05) is 0 Å². The van der Waals surface area contributed by atoms with Crippen LogP contribution in [0.5, 0.6) is 0 Å². The number of hydrogen-bond acceptors (Lipinski definition) is 5. The molecule has 0 aliphatic heterocycles. The van der Waals surface area contributed by atoms with Crippen LogP contribution >= 0.6 is 11.3 Å². The van der Waals surface area contributed by atoms with Gasteiger partial charge in [0.05, 0.1) is 11.1 Å².